The second kappa shape index (κ2) is 6.20. The van der Waals surface area contributed by atoms with E-state index in [0.29, 0.717) is 6.67 Å². The van der Waals surface area contributed by atoms with Gasteiger partial charge < -0.3 is 4.90 Å². The molecule has 1 aliphatic rings. The van der Waals surface area contributed by atoms with Crippen LogP contribution in [-0.2, 0) is 6.54 Å². The number of carbonyl (C=O) groups is 1. The lowest BCUT2D eigenvalue weighted by atomic mass is 10.1. The van der Waals surface area contributed by atoms with Crippen molar-refractivity contribution in [1.29, 1.82) is 0 Å². The largest absolute Gasteiger partial charge is 0.313 e. The number of thiophene rings is 1. The van der Waals surface area contributed by atoms with Gasteiger partial charge in [0.05, 0.1) is 27.0 Å². The molecule has 2 heterocycles. The van der Waals surface area contributed by atoms with Crippen molar-refractivity contribution in [3.8, 4) is 0 Å². The Hall–Kier alpha value is -1.88. The van der Waals surface area contributed by atoms with E-state index < -0.39 is 0 Å². The van der Waals surface area contributed by atoms with Crippen molar-refractivity contribution in [3.63, 3.8) is 0 Å². The first-order valence-corrected chi connectivity index (χ1v) is 9.28. The highest BCUT2D eigenvalue weighted by atomic mass is 35.5. The Bertz CT molecular complexity index is 915. The van der Waals surface area contributed by atoms with Crippen LogP contribution in [0.15, 0.2) is 48.5 Å². The fraction of sp³-hybridized carbons (Fsp3) is 0.211. The molecule has 0 bridgehead atoms. The zero-order chi connectivity index (χ0) is 16.7. The second-order valence-electron chi connectivity index (χ2n) is 6.06. The van der Waals surface area contributed by atoms with Gasteiger partial charge in [-0.3, -0.25) is 9.69 Å². The number of amides is 1. The topological polar surface area (TPSA) is 24.8 Å². The molecule has 1 aliphatic heterocycles. The quantitative estimate of drug-likeness (QED) is 0.741. The minimum Gasteiger partial charge on any atom is -0.313 e. The van der Waals surface area contributed by atoms with Crippen molar-refractivity contribution in [2.45, 2.75) is 13.5 Å². The van der Waals surface area contributed by atoms with Gasteiger partial charge in [0.25, 0.3) is 5.91 Å². The lowest BCUT2D eigenvalue weighted by Crippen LogP contribution is -3.12. The number of nitrogens with zero attached hydrogens (tertiary/aromatic N) is 1. The summed E-state index contributed by atoms with van der Waals surface area (Å²) in [6.45, 7) is 4.65. The molecule has 4 rings (SSSR count). The van der Waals surface area contributed by atoms with Crippen LogP contribution in [0, 0.1) is 0 Å². The van der Waals surface area contributed by atoms with Crippen LogP contribution in [0.25, 0.3) is 10.8 Å². The van der Waals surface area contributed by atoms with Crippen LogP contribution < -0.4 is 9.80 Å². The molecule has 122 valence electrons. The van der Waals surface area contributed by atoms with Gasteiger partial charge in [-0.15, -0.1) is 11.3 Å². The van der Waals surface area contributed by atoms with Crippen LogP contribution in [0.5, 0.6) is 0 Å². The summed E-state index contributed by atoms with van der Waals surface area (Å²) in [6.07, 6.45) is 0. The van der Waals surface area contributed by atoms with E-state index in [1.807, 2.05) is 35.2 Å². The Balaban J connectivity index is 1.63. The summed E-state index contributed by atoms with van der Waals surface area (Å²) in [7, 11) is 0. The standard InChI is InChI=1S/C19H17ClN2OS/c1-2-21(11-14-9-10-17(20)24-14)12-22-16-8-4-6-13-5-3-7-15(18(13)16)19(22)23/h3-10H,2,11-12H2,1H3/p+1. The molecular weight excluding hydrogens is 340 g/mol. The highest BCUT2D eigenvalue weighted by Gasteiger charge is 2.31. The van der Waals surface area contributed by atoms with Gasteiger partial charge in [0.1, 0.15) is 6.54 Å². The van der Waals surface area contributed by atoms with Crippen LogP contribution >= 0.6 is 22.9 Å². The molecule has 0 saturated heterocycles. The maximum Gasteiger partial charge on any atom is 0.263 e. The Morgan fingerprint density at radius 2 is 1.92 bits per heavy atom. The Labute approximate surface area is 150 Å². The molecule has 0 fully saturated rings. The number of quaternary nitrogens is 1. The van der Waals surface area contributed by atoms with Gasteiger partial charge in [0, 0.05) is 5.39 Å². The third-order valence-electron chi connectivity index (χ3n) is 4.58. The molecule has 24 heavy (non-hydrogen) atoms. The number of hydrogen-bond donors (Lipinski definition) is 1. The maximum atomic E-state index is 12.9. The summed E-state index contributed by atoms with van der Waals surface area (Å²) in [4.78, 5) is 17.4. The summed E-state index contributed by atoms with van der Waals surface area (Å²) in [5.41, 5.74) is 1.85. The fourth-order valence-corrected chi connectivity index (χ4v) is 4.50. The van der Waals surface area contributed by atoms with Crippen molar-refractivity contribution >= 4 is 45.3 Å². The summed E-state index contributed by atoms with van der Waals surface area (Å²) in [5.74, 6) is 0.108. The molecule has 0 aliphatic carbocycles. The molecule has 1 aromatic heterocycles. The van der Waals surface area contributed by atoms with Crippen molar-refractivity contribution in [2.24, 2.45) is 0 Å². The molecule has 1 atom stereocenters. The van der Waals surface area contributed by atoms with Crippen molar-refractivity contribution in [3.05, 3.63) is 63.3 Å². The number of hydrogen-bond acceptors (Lipinski definition) is 2. The molecule has 5 heteroatoms. The van der Waals surface area contributed by atoms with Gasteiger partial charge in [-0.05, 0) is 36.6 Å². The highest BCUT2D eigenvalue weighted by Crippen LogP contribution is 2.36. The van der Waals surface area contributed by atoms with E-state index in [2.05, 4.69) is 25.1 Å². The number of anilines is 1. The predicted octanol–water partition coefficient (Wildman–Crippen LogP) is 3.58. The predicted molar refractivity (Wildman–Crippen MR) is 100 cm³/mol. The molecule has 3 nitrogen and oxygen atoms in total. The summed E-state index contributed by atoms with van der Waals surface area (Å²) in [6, 6.07) is 16.1. The van der Waals surface area contributed by atoms with E-state index in [4.69, 9.17) is 11.6 Å². The second-order valence-corrected chi connectivity index (χ2v) is 7.86. The van der Waals surface area contributed by atoms with Gasteiger partial charge in [0.15, 0.2) is 6.67 Å². The number of nitrogens with one attached hydrogen (secondary N) is 1. The number of benzene rings is 2. The number of halogens is 1. The van der Waals surface area contributed by atoms with Crippen molar-refractivity contribution < 1.29 is 9.69 Å². The third-order valence-corrected chi connectivity index (χ3v) is 5.82. The molecule has 2 aromatic carbocycles. The Kier molecular flexibility index (Phi) is 4.04. The normalized spacial score (nSPS) is 14.6. The van der Waals surface area contributed by atoms with Gasteiger partial charge >= 0.3 is 0 Å². The lowest BCUT2D eigenvalue weighted by Gasteiger charge is -2.24. The van der Waals surface area contributed by atoms with E-state index in [0.717, 1.165) is 39.4 Å². The molecule has 0 spiro atoms. The average Bonchev–Trinajstić information content (AvgIpc) is 3.12. The van der Waals surface area contributed by atoms with Gasteiger partial charge in [-0.25, -0.2) is 0 Å². The van der Waals surface area contributed by atoms with Gasteiger partial charge in [-0.2, -0.15) is 0 Å². The molecule has 0 radical (unpaired) electrons. The maximum absolute atomic E-state index is 12.9. The van der Waals surface area contributed by atoms with E-state index in [9.17, 15) is 4.79 Å². The van der Waals surface area contributed by atoms with E-state index in [-0.39, 0.29) is 5.91 Å². The molecular formula is C19H18ClN2OS+. The lowest BCUT2D eigenvalue weighted by molar-refractivity contribution is -0.910. The van der Waals surface area contributed by atoms with E-state index in [1.165, 1.54) is 9.78 Å². The minimum atomic E-state index is 0.108. The van der Waals surface area contributed by atoms with E-state index in [1.54, 1.807) is 11.3 Å². The molecule has 1 N–H and O–H groups in total. The van der Waals surface area contributed by atoms with Gasteiger partial charge in [0.2, 0.25) is 0 Å². The molecule has 0 saturated carbocycles. The highest BCUT2D eigenvalue weighted by molar-refractivity contribution is 7.16. The van der Waals surface area contributed by atoms with E-state index >= 15 is 0 Å². The van der Waals surface area contributed by atoms with Crippen molar-refractivity contribution in [1.82, 2.24) is 0 Å². The smallest absolute Gasteiger partial charge is 0.263 e. The fourth-order valence-electron chi connectivity index (χ4n) is 3.35. The summed E-state index contributed by atoms with van der Waals surface area (Å²) < 4.78 is 0.815. The minimum absolute atomic E-state index is 0.108. The van der Waals surface area contributed by atoms with Crippen LogP contribution in [0.1, 0.15) is 22.2 Å². The first-order chi connectivity index (χ1) is 11.7. The number of carbonyl (C=O) groups excluding carboxylic acids is 1. The van der Waals surface area contributed by atoms with Crippen LogP contribution in [0.4, 0.5) is 5.69 Å². The zero-order valence-electron chi connectivity index (χ0n) is 13.4. The monoisotopic (exact) mass is 357 g/mol. The first kappa shape index (κ1) is 15.6. The van der Waals surface area contributed by atoms with Crippen LogP contribution in [-0.4, -0.2) is 19.1 Å². The Morgan fingerprint density at radius 3 is 2.62 bits per heavy atom. The summed E-state index contributed by atoms with van der Waals surface area (Å²) in [5, 5.41) is 2.21. The average molecular weight is 358 g/mol. The Morgan fingerprint density at radius 1 is 1.12 bits per heavy atom. The van der Waals surface area contributed by atoms with Gasteiger partial charge in [-0.1, -0.05) is 35.9 Å². The zero-order valence-corrected chi connectivity index (χ0v) is 15.0. The van der Waals surface area contributed by atoms with Crippen LogP contribution in [0.2, 0.25) is 4.34 Å². The first-order valence-electron chi connectivity index (χ1n) is 8.08. The molecule has 1 unspecified atom stereocenters. The number of rotatable bonds is 5. The van der Waals surface area contributed by atoms with Crippen molar-refractivity contribution in [2.75, 3.05) is 18.1 Å². The molecule has 3 aromatic rings. The third kappa shape index (κ3) is 2.61. The SMILES string of the molecule is CC[NH+](Cc1ccc(Cl)s1)CN1C(=O)c2cccc3cccc1c23. The van der Waals surface area contributed by atoms with Crippen LogP contribution in [0.3, 0.4) is 0 Å². The molecule has 1 amide bonds. The summed E-state index contributed by atoms with van der Waals surface area (Å²) >= 11 is 7.65.